The summed E-state index contributed by atoms with van der Waals surface area (Å²) in [4.78, 5) is 28.0. The summed E-state index contributed by atoms with van der Waals surface area (Å²) in [6.45, 7) is 0.403. The molecule has 2 saturated carbocycles. The number of imide groups is 1. The van der Waals surface area contributed by atoms with Crippen molar-refractivity contribution in [1.82, 2.24) is 4.90 Å². The molecule has 0 unspecified atom stereocenters. The van der Waals surface area contributed by atoms with E-state index in [1.54, 1.807) is 0 Å². The van der Waals surface area contributed by atoms with Crippen LogP contribution in [0.15, 0.2) is 72.8 Å². The predicted octanol–water partition coefficient (Wildman–Crippen LogP) is 3.78. The Morgan fingerprint density at radius 2 is 1.37 bits per heavy atom. The molecule has 1 heterocycles. The highest BCUT2D eigenvalue weighted by atomic mass is 16.2. The van der Waals surface area contributed by atoms with E-state index in [0.29, 0.717) is 12.5 Å². The Balaban J connectivity index is 1.31. The van der Waals surface area contributed by atoms with E-state index in [1.165, 1.54) is 10.5 Å². The zero-order chi connectivity index (χ0) is 18.2. The van der Waals surface area contributed by atoms with E-state index in [9.17, 15) is 9.59 Å². The van der Waals surface area contributed by atoms with Gasteiger partial charge in [-0.25, -0.2) is 0 Å². The third kappa shape index (κ3) is 1.87. The molecule has 0 aromatic heterocycles. The molecule has 1 saturated heterocycles. The number of nitrogens with zero attached hydrogens (tertiary/aromatic N) is 1. The number of likely N-dealkylation sites (tertiary alicyclic amines) is 1. The topological polar surface area (TPSA) is 37.4 Å². The summed E-state index contributed by atoms with van der Waals surface area (Å²) in [7, 11) is 0. The van der Waals surface area contributed by atoms with Crippen molar-refractivity contribution in [3.8, 4) is 0 Å². The lowest BCUT2D eigenvalue weighted by atomic mass is 9.85. The minimum Gasteiger partial charge on any atom is -0.278 e. The number of rotatable bonds is 3. The summed E-state index contributed by atoms with van der Waals surface area (Å²) >= 11 is 0. The Kier molecular flexibility index (Phi) is 2.96. The zero-order valence-corrected chi connectivity index (χ0v) is 15.0. The van der Waals surface area contributed by atoms with Crippen LogP contribution in [-0.4, -0.2) is 16.7 Å². The van der Waals surface area contributed by atoms with Gasteiger partial charge in [-0.3, -0.25) is 14.5 Å². The molecule has 2 aromatic rings. The quantitative estimate of drug-likeness (QED) is 0.621. The van der Waals surface area contributed by atoms with Crippen molar-refractivity contribution in [3.05, 3.63) is 83.9 Å². The van der Waals surface area contributed by atoms with Crippen LogP contribution in [0.25, 0.3) is 0 Å². The molecule has 2 bridgehead atoms. The van der Waals surface area contributed by atoms with Gasteiger partial charge in [-0.2, -0.15) is 0 Å². The predicted molar refractivity (Wildman–Crippen MR) is 101 cm³/mol. The molecule has 1 spiro atoms. The number of amides is 2. The molecule has 3 fully saturated rings. The van der Waals surface area contributed by atoms with Crippen LogP contribution in [0.3, 0.4) is 0 Å². The summed E-state index contributed by atoms with van der Waals surface area (Å²) in [6.07, 6.45) is 5.59. The van der Waals surface area contributed by atoms with Crippen LogP contribution in [0.5, 0.6) is 0 Å². The normalized spacial score (nSPS) is 38.1. The minimum atomic E-state index is -0.148. The van der Waals surface area contributed by atoms with E-state index < -0.39 is 0 Å². The first-order chi connectivity index (χ1) is 13.2. The number of hydrogen-bond donors (Lipinski definition) is 0. The molecule has 134 valence electrons. The zero-order valence-electron chi connectivity index (χ0n) is 15.0. The summed E-state index contributed by atoms with van der Waals surface area (Å²) in [5.41, 5.74) is 2.49. The Hall–Kier alpha value is -2.68. The van der Waals surface area contributed by atoms with Gasteiger partial charge in [0.15, 0.2) is 0 Å². The molecule has 2 aromatic carbocycles. The van der Waals surface area contributed by atoms with E-state index in [1.807, 2.05) is 36.4 Å². The lowest BCUT2D eigenvalue weighted by Crippen LogP contribution is -2.34. The molecule has 0 radical (unpaired) electrons. The highest BCUT2D eigenvalue weighted by Crippen LogP contribution is 2.79. The number of hydrogen-bond acceptors (Lipinski definition) is 2. The van der Waals surface area contributed by atoms with E-state index in [2.05, 4.69) is 36.4 Å². The van der Waals surface area contributed by atoms with E-state index in [4.69, 9.17) is 0 Å². The Bertz CT molecular complexity index is 932. The van der Waals surface area contributed by atoms with Crippen LogP contribution in [0.2, 0.25) is 0 Å². The molecule has 4 aliphatic rings. The molecule has 0 N–H and O–H groups in total. The van der Waals surface area contributed by atoms with Crippen molar-refractivity contribution in [3.63, 3.8) is 0 Å². The summed E-state index contributed by atoms with van der Waals surface area (Å²) in [6, 6.07) is 20.4. The Morgan fingerprint density at radius 3 is 1.96 bits per heavy atom. The van der Waals surface area contributed by atoms with Crippen LogP contribution < -0.4 is 0 Å². The number of fused-ring (bicyclic) bond motifs is 3. The van der Waals surface area contributed by atoms with E-state index in [0.717, 1.165) is 12.0 Å². The molecule has 27 heavy (non-hydrogen) atoms. The molecule has 1 aliphatic heterocycles. The van der Waals surface area contributed by atoms with Gasteiger partial charge in [-0.1, -0.05) is 72.8 Å². The van der Waals surface area contributed by atoms with E-state index in [-0.39, 0.29) is 40.9 Å². The number of carbonyl (C=O) groups excluding carboxylic acids is 2. The van der Waals surface area contributed by atoms with Crippen LogP contribution in [0.4, 0.5) is 0 Å². The maximum absolute atomic E-state index is 13.2. The van der Waals surface area contributed by atoms with Gasteiger partial charge in [0.2, 0.25) is 11.8 Å². The van der Waals surface area contributed by atoms with Crippen LogP contribution >= 0.6 is 0 Å². The van der Waals surface area contributed by atoms with Gasteiger partial charge in [0.1, 0.15) is 0 Å². The number of allylic oxidation sites excluding steroid dienone is 2. The fourth-order valence-electron chi connectivity index (χ4n) is 6.32. The summed E-state index contributed by atoms with van der Waals surface area (Å²) in [5, 5.41) is 0. The smallest absolute Gasteiger partial charge is 0.234 e. The van der Waals surface area contributed by atoms with Crippen molar-refractivity contribution >= 4 is 11.8 Å². The van der Waals surface area contributed by atoms with Gasteiger partial charge >= 0.3 is 0 Å². The van der Waals surface area contributed by atoms with Crippen LogP contribution in [0, 0.1) is 29.1 Å². The van der Waals surface area contributed by atoms with Crippen molar-refractivity contribution in [2.75, 3.05) is 0 Å². The molecule has 3 nitrogen and oxygen atoms in total. The second-order valence-electron chi connectivity index (χ2n) is 8.52. The van der Waals surface area contributed by atoms with Gasteiger partial charge in [-0.15, -0.1) is 0 Å². The van der Waals surface area contributed by atoms with Crippen molar-refractivity contribution in [1.29, 1.82) is 0 Å². The molecule has 3 aliphatic carbocycles. The average Bonchev–Trinajstić information content (AvgIpc) is 3.21. The minimum absolute atomic E-state index is 0.0452. The maximum atomic E-state index is 13.2. The summed E-state index contributed by atoms with van der Waals surface area (Å²) in [5.74, 6) is 0.713. The fraction of sp³-hybridized carbons (Fsp3) is 0.333. The second kappa shape index (κ2) is 5.19. The first-order valence-electron chi connectivity index (χ1n) is 9.84. The van der Waals surface area contributed by atoms with Gasteiger partial charge in [0.05, 0.1) is 18.4 Å². The Labute approximate surface area is 158 Å². The fourth-order valence-corrected chi connectivity index (χ4v) is 6.32. The van der Waals surface area contributed by atoms with Crippen molar-refractivity contribution in [2.45, 2.75) is 18.9 Å². The standard InChI is InChI=1S/C24H21NO2/c26-22-20-17-11-12-18(24(17)13-19(24)16-9-5-2-6-10-16)21(20)23(27)25(22)14-15-7-3-1-4-8-15/h1-12,17-21H,13-14H2/t17-,18-,19+,20+,21+/m1/s1. The summed E-state index contributed by atoms with van der Waals surface area (Å²) < 4.78 is 0. The number of benzene rings is 2. The van der Waals surface area contributed by atoms with Gasteiger partial charge in [0, 0.05) is 0 Å². The molecular weight excluding hydrogens is 334 g/mol. The second-order valence-corrected chi connectivity index (χ2v) is 8.52. The monoisotopic (exact) mass is 355 g/mol. The molecule has 3 heteroatoms. The van der Waals surface area contributed by atoms with Crippen molar-refractivity contribution < 1.29 is 9.59 Å². The third-order valence-electron chi connectivity index (χ3n) is 7.46. The Morgan fingerprint density at radius 1 is 0.815 bits per heavy atom. The molecule has 2 amide bonds. The lowest BCUT2D eigenvalue weighted by molar-refractivity contribution is -0.141. The largest absolute Gasteiger partial charge is 0.278 e. The first kappa shape index (κ1) is 15.4. The highest BCUT2D eigenvalue weighted by molar-refractivity contribution is 6.06. The van der Waals surface area contributed by atoms with Gasteiger partial charge in [-0.05, 0) is 40.7 Å². The van der Waals surface area contributed by atoms with Gasteiger partial charge in [0.25, 0.3) is 0 Å². The molecule has 5 atom stereocenters. The number of carbonyl (C=O) groups is 2. The SMILES string of the molecule is O=C1[C@@H]2[C@@H](C(=O)N1Cc1ccccc1)[C@H]1C=C[C@H]2C12C[C@H]2c1ccccc1. The third-order valence-corrected chi connectivity index (χ3v) is 7.46. The highest BCUT2D eigenvalue weighted by Gasteiger charge is 2.77. The lowest BCUT2D eigenvalue weighted by Gasteiger charge is -2.23. The molecular formula is C24H21NO2. The van der Waals surface area contributed by atoms with Crippen molar-refractivity contribution in [2.24, 2.45) is 29.1 Å². The van der Waals surface area contributed by atoms with Crippen LogP contribution in [-0.2, 0) is 16.1 Å². The maximum Gasteiger partial charge on any atom is 0.234 e. The molecule has 6 rings (SSSR count). The van der Waals surface area contributed by atoms with E-state index >= 15 is 0 Å². The van der Waals surface area contributed by atoms with Crippen LogP contribution in [0.1, 0.15) is 23.5 Å². The average molecular weight is 355 g/mol. The van der Waals surface area contributed by atoms with Gasteiger partial charge < -0.3 is 0 Å². The first-order valence-corrected chi connectivity index (χ1v) is 9.84.